The van der Waals surface area contributed by atoms with Gasteiger partial charge in [0.15, 0.2) is 0 Å². The van der Waals surface area contributed by atoms with Crippen LogP contribution in [0.25, 0.3) is 0 Å². The summed E-state index contributed by atoms with van der Waals surface area (Å²) < 4.78 is 1.34. The van der Waals surface area contributed by atoms with Crippen molar-refractivity contribution in [3.05, 3.63) is 36.0 Å². The lowest BCUT2D eigenvalue weighted by atomic mass is 9.93. The molecule has 0 fully saturated rings. The van der Waals surface area contributed by atoms with E-state index in [4.69, 9.17) is 4.98 Å². The summed E-state index contributed by atoms with van der Waals surface area (Å²) in [5, 5.41) is 9.26. The average Bonchev–Trinajstić information content (AvgIpc) is 2.96. The van der Waals surface area contributed by atoms with Crippen LogP contribution >= 0.6 is 45.3 Å². The summed E-state index contributed by atoms with van der Waals surface area (Å²) in [4.78, 5) is 4.82. The van der Waals surface area contributed by atoms with Gasteiger partial charge in [-0.3, -0.25) is 0 Å². The highest BCUT2D eigenvalue weighted by atomic mass is 127. The van der Waals surface area contributed by atoms with Crippen molar-refractivity contribution in [2.75, 3.05) is 6.54 Å². The van der Waals surface area contributed by atoms with E-state index in [2.05, 4.69) is 72.4 Å². The zero-order chi connectivity index (χ0) is 14.8. The molecule has 0 aromatic carbocycles. The van der Waals surface area contributed by atoms with Gasteiger partial charge in [-0.1, -0.05) is 27.7 Å². The van der Waals surface area contributed by atoms with Crippen molar-refractivity contribution < 1.29 is 0 Å². The fraction of sp³-hybridized carbons (Fsp3) is 0.533. The number of aromatic nitrogens is 1. The molecule has 0 radical (unpaired) electrons. The van der Waals surface area contributed by atoms with Crippen LogP contribution in [-0.2, 0) is 11.8 Å². The van der Waals surface area contributed by atoms with Crippen LogP contribution in [-0.4, -0.2) is 11.5 Å². The molecule has 0 amide bonds. The first-order valence-electron chi connectivity index (χ1n) is 6.82. The Morgan fingerprint density at radius 3 is 2.55 bits per heavy atom. The molecule has 20 heavy (non-hydrogen) atoms. The zero-order valence-electron chi connectivity index (χ0n) is 12.4. The third-order valence-electron chi connectivity index (χ3n) is 3.14. The molecule has 1 unspecified atom stereocenters. The Balaban J connectivity index is 2.14. The van der Waals surface area contributed by atoms with Gasteiger partial charge in [0.25, 0.3) is 0 Å². The van der Waals surface area contributed by atoms with Crippen molar-refractivity contribution in [1.29, 1.82) is 0 Å². The van der Waals surface area contributed by atoms with Crippen LogP contribution in [0.15, 0.2) is 16.8 Å². The van der Waals surface area contributed by atoms with E-state index in [9.17, 15) is 0 Å². The summed E-state index contributed by atoms with van der Waals surface area (Å²) in [5.41, 5.74) is 2.72. The second-order valence-electron chi connectivity index (χ2n) is 5.88. The monoisotopic (exact) mass is 420 g/mol. The number of hydrogen-bond donors (Lipinski definition) is 1. The van der Waals surface area contributed by atoms with Gasteiger partial charge in [-0.2, -0.15) is 0 Å². The minimum atomic E-state index is 0.139. The fourth-order valence-electron chi connectivity index (χ4n) is 1.98. The number of hydrogen-bond acceptors (Lipinski definition) is 4. The molecule has 0 saturated heterocycles. The number of halogens is 1. The average molecular weight is 420 g/mol. The van der Waals surface area contributed by atoms with Crippen molar-refractivity contribution in [3.63, 3.8) is 0 Å². The summed E-state index contributed by atoms with van der Waals surface area (Å²) in [6.45, 7) is 9.79. The lowest BCUT2D eigenvalue weighted by molar-refractivity contribution is 0.540. The molecule has 0 aliphatic rings. The van der Waals surface area contributed by atoms with Crippen LogP contribution in [0.2, 0.25) is 0 Å². The summed E-state index contributed by atoms with van der Waals surface area (Å²) >= 11 is 5.98. The molecule has 0 saturated carbocycles. The van der Waals surface area contributed by atoms with Crippen molar-refractivity contribution in [2.24, 2.45) is 0 Å². The van der Waals surface area contributed by atoms with Gasteiger partial charge in [-0.15, -0.1) is 22.7 Å². The van der Waals surface area contributed by atoms with E-state index < -0.39 is 0 Å². The highest BCUT2D eigenvalue weighted by Crippen LogP contribution is 2.28. The minimum absolute atomic E-state index is 0.139. The van der Waals surface area contributed by atoms with E-state index >= 15 is 0 Å². The summed E-state index contributed by atoms with van der Waals surface area (Å²) in [6, 6.07) is 2.65. The van der Waals surface area contributed by atoms with E-state index in [1.165, 1.54) is 19.1 Å². The quantitative estimate of drug-likeness (QED) is 0.689. The lowest BCUT2D eigenvalue weighted by Crippen LogP contribution is -2.22. The predicted molar refractivity (Wildman–Crippen MR) is 98.0 cm³/mol. The first kappa shape index (κ1) is 16.4. The lowest BCUT2D eigenvalue weighted by Gasteiger charge is -2.16. The van der Waals surface area contributed by atoms with Gasteiger partial charge in [0.1, 0.15) is 0 Å². The van der Waals surface area contributed by atoms with Crippen LogP contribution < -0.4 is 5.32 Å². The summed E-state index contributed by atoms with van der Waals surface area (Å²) in [7, 11) is 0. The highest BCUT2D eigenvalue weighted by Gasteiger charge is 2.20. The van der Waals surface area contributed by atoms with Crippen molar-refractivity contribution in [2.45, 2.75) is 45.6 Å². The predicted octanol–water partition coefficient (Wildman–Crippen LogP) is 5.00. The third-order valence-corrected chi connectivity index (χ3v) is 5.82. The number of rotatable bonds is 5. The molecule has 110 valence electrons. The van der Waals surface area contributed by atoms with E-state index in [1.54, 1.807) is 11.3 Å². The van der Waals surface area contributed by atoms with Gasteiger partial charge in [-0.25, -0.2) is 4.98 Å². The topological polar surface area (TPSA) is 24.9 Å². The molecule has 2 aromatic heterocycles. The number of nitrogens with zero attached hydrogens (tertiary/aromatic N) is 1. The van der Waals surface area contributed by atoms with Gasteiger partial charge in [0.05, 0.1) is 13.6 Å². The molecule has 0 spiro atoms. The standard InChI is InChI=1S/C15H21IN2S2/c1-5-17-11(10-6-13(16)19-8-10)7-14-18-12(9-20-14)15(2,3)4/h6,8-9,11,17H,5,7H2,1-4H3. The molecular weight excluding hydrogens is 399 g/mol. The number of thiophene rings is 1. The van der Waals surface area contributed by atoms with Crippen molar-refractivity contribution >= 4 is 45.3 Å². The molecule has 2 heterocycles. The Hall–Kier alpha value is 0.0200. The van der Waals surface area contributed by atoms with Crippen LogP contribution in [0.3, 0.4) is 0 Å². The largest absolute Gasteiger partial charge is 0.310 e. The number of likely N-dealkylation sites (N-methyl/N-ethyl adjacent to an activating group) is 1. The maximum absolute atomic E-state index is 4.82. The van der Waals surface area contributed by atoms with E-state index in [1.807, 2.05) is 11.3 Å². The first-order valence-corrected chi connectivity index (χ1v) is 9.66. The van der Waals surface area contributed by atoms with Crippen LogP contribution in [0.1, 0.15) is 50.0 Å². The van der Waals surface area contributed by atoms with Crippen molar-refractivity contribution in [3.8, 4) is 0 Å². The van der Waals surface area contributed by atoms with E-state index in [0.717, 1.165) is 13.0 Å². The fourth-order valence-corrected chi connectivity index (χ4v) is 4.48. The second kappa shape index (κ2) is 6.85. The SMILES string of the molecule is CCNC(Cc1nc(C(C)(C)C)cs1)c1csc(I)c1. The smallest absolute Gasteiger partial charge is 0.0947 e. The summed E-state index contributed by atoms with van der Waals surface area (Å²) in [5.74, 6) is 0. The Morgan fingerprint density at radius 1 is 1.30 bits per heavy atom. The minimum Gasteiger partial charge on any atom is -0.310 e. The Bertz CT molecular complexity index is 554. The number of nitrogens with one attached hydrogen (secondary N) is 1. The van der Waals surface area contributed by atoms with Crippen LogP contribution in [0.4, 0.5) is 0 Å². The molecule has 0 aliphatic heterocycles. The third kappa shape index (κ3) is 4.26. The van der Waals surface area contributed by atoms with Gasteiger partial charge < -0.3 is 5.32 Å². The maximum Gasteiger partial charge on any atom is 0.0947 e. The molecule has 5 heteroatoms. The van der Waals surface area contributed by atoms with Gasteiger partial charge in [-0.05, 0) is 46.1 Å². The molecule has 2 rings (SSSR count). The van der Waals surface area contributed by atoms with Gasteiger partial charge in [0, 0.05) is 23.3 Å². The molecule has 1 atom stereocenters. The maximum atomic E-state index is 4.82. The van der Waals surface area contributed by atoms with Crippen LogP contribution in [0.5, 0.6) is 0 Å². The summed E-state index contributed by atoms with van der Waals surface area (Å²) in [6.07, 6.45) is 0.974. The Labute approximate surface area is 143 Å². The van der Waals surface area contributed by atoms with Gasteiger partial charge >= 0.3 is 0 Å². The normalized spacial score (nSPS) is 13.7. The molecule has 0 bridgehead atoms. The molecule has 2 nitrogen and oxygen atoms in total. The van der Waals surface area contributed by atoms with Crippen LogP contribution in [0, 0.1) is 2.88 Å². The highest BCUT2D eigenvalue weighted by molar-refractivity contribution is 14.1. The number of thiazole rings is 1. The first-order chi connectivity index (χ1) is 9.40. The van der Waals surface area contributed by atoms with E-state index in [0.29, 0.717) is 6.04 Å². The van der Waals surface area contributed by atoms with E-state index in [-0.39, 0.29) is 5.41 Å². The molecule has 1 N–H and O–H groups in total. The van der Waals surface area contributed by atoms with Gasteiger partial charge in [0.2, 0.25) is 0 Å². The Morgan fingerprint density at radius 2 is 2.05 bits per heavy atom. The second-order valence-corrected chi connectivity index (χ2v) is 9.62. The molecular formula is C15H21IN2S2. The van der Waals surface area contributed by atoms with Crippen molar-refractivity contribution in [1.82, 2.24) is 10.3 Å². The zero-order valence-corrected chi connectivity index (χ0v) is 16.2. The molecule has 0 aliphatic carbocycles. The Kier molecular flexibility index (Phi) is 5.62. The molecule has 2 aromatic rings.